The van der Waals surface area contributed by atoms with Crippen molar-refractivity contribution in [2.75, 3.05) is 5.88 Å². The lowest BCUT2D eigenvalue weighted by Crippen LogP contribution is -2.21. The molecule has 0 spiro atoms. The Hall–Kier alpha value is -2.33. The second kappa shape index (κ2) is 6.42. The van der Waals surface area contributed by atoms with E-state index in [0.29, 0.717) is 12.0 Å². The van der Waals surface area contributed by atoms with Gasteiger partial charge in [0, 0.05) is 40.7 Å². The average Bonchev–Trinajstić information content (AvgIpc) is 2.92. The Labute approximate surface area is 138 Å². The third-order valence-electron chi connectivity index (χ3n) is 3.81. The summed E-state index contributed by atoms with van der Waals surface area (Å²) >= 11 is 5.91. The second-order valence-corrected chi connectivity index (χ2v) is 5.79. The predicted octanol–water partition coefficient (Wildman–Crippen LogP) is 3.85. The summed E-state index contributed by atoms with van der Waals surface area (Å²) in [5.41, 5.74) is 3.45. The van der Waals surface area contributed by atoms with Crippen LogP contribution in [0.25, 0.3) is 21.8 Å². The van der Waals surface area contributed by atoms with E-state index in [1.54, 1.807) is 0 Å². The van der Waals surface area contributed by atoms with Gasteiger partial charge in [-0.1, -0.05) is 18.2 Å². The molecule has 0 aliphatic carbocycles. The number of aldehydes is 1. The number of para-hydroxylation sites is 1. The van der Waals surface area contributed by atoms with Crippen LogP contribution in [0.5, 0.6) is 0 Å². The standard InChI is InChI=1S/C18H16ClNO3/c1-11(22)23-14(9-19)8-13-6-12(10-21)7-16-15-4-2-3-5-17(15)20-18(13)16/h2-7,10,14,20H,8-9H2,1H3. The van der Waals surface area contributed by atoms with Crippen molar-refractivity contribution in [3.05, 3.63) is 47.5 Å². The maximum atomic E-state index is 11.3. The maximum Gasteiger partial charge on any atom is 0.302 e. The van der Waals surface area contributed by atoms with Crippen LogP contribution < -0.4 is 0 Å². The van der Waals surface area contributed by atoms with Crippen LogP contribution >= 0.6 is 11.6 Å². The molecule has 2 aromatic carbocycles. The first-order valence-corrected chi connectivity index (χ1v) is 7.87. The molecule has 3 rings (SSSR count). The molecular formula is C18H16ClNO3. The van der Waals surface area contributed by atoms with Gasteiger partial charge in [-0.3, -0.25) is 9.59 Å². The number of alkyl halides is 1. The number of H-pyrrole nitrogens is 1. The molecule has 0 bridgehead atoms. The highest BCUT2D eigenvalue weighted by Gasteiger charge is 2.16. The van der Waals surface area contributed by atoms with E-state index in [2.05, 4.69) is 4.98 Å². The zero-order valence-corrected chi connectivity index (χ0v) is 13.4. The first-order valence-electron chi connectivity index (χ1n) is 7.34. The van der Waals surface area contributed by atoms with Crippen LogP contribution in [0.15, 0.2) is 36.4 Å². The van der Waals surface area contributed by atoms with E-state index in [1.807, 2.05) is 36.4 Å². The van der Waals surface area contributed by atoms with Crippen molar-refractivity contribution in [2.24, 2.45) is 0 Å². The fraction of sp³-hybridized carbons (Fsp3) is 0.222. The van der Waals surface area contributed by atoms with Gasteiger partial charge in [0.1, 0.15) is 12.4 Å². The predicted molar refractivity (Wildman–Crippen MR) is 91.2 cm³/mol. The molecule has 0 saturated heterocycles. The number of carbonyl (C=O) groups excluding carboxylic acids is 2. The lowest BCUT2D eigenvalue weighted by Gasteiger charge is -2.15. The van der Waals surface area contributed by atoms with Crippen molar-refractivity contribution in [3.8, 4) is 0 Å². The molecule has 118 valence electrons. The number of halogens is 1. The molecular weight excluding hydrogens is 314 g/mol. The summed E-state index contributed by atoms with van der Waals surface area (Å²) in [4.78, 5) is 25.8. The van der Waals surface area contributed by atoms with Gasteiger partial charge < -0.3 is 9.72 Å². The topological polar surface area (TPSA) is 59.2 Å². The van der Waals surface area contributed by atoms with Crippen molar-refractivity contribution in [3.63, 3.8) is 0 Å². The molecule has 0 aliphatic heterocycles. The van der Waals surface area contributed by atoms with Gasteiger partial charge in [0.15, 0.2) is 0 Å². The zero-order valence-electron chi connectivity index (χ0n) is 12.6. The Morgan fingerprint density at radius 2 is 2.09 bits per heavy atom. The average molecular weight is 330 g/mol. The van der Waals surface area contributed by atoms with E-state index in [0.717, 1.165) is 33.7 Å². The van der Waals surface area contributed by atoms with Crippen molar-refractivity contribution in [1.29, 1.82) is 0 Å². The van der Waals surface area contributed by atoms with Gasteiger partial charge in [0.25, 0.3) is 0 Å². The number of carbonyl (C=O) groups is 2. The molecule has 5 heteroatoms. The van der Waals surface area contributed by atoms with Gasteiger partial charge in [0.2, 0.25) is 0 Å². The van der Waals surface area contributed by atoms with E-state index in [4.69, 9.17) is 16.3 Å². The van der Waals surface area contributed by atoms with Crippen LogP contribution in [0.4, 0.5) is 0 Å². The van der Waals surface area contributed by atoms with Crippen LogP contribution in [0.2, 0.25) is 0 Å². The molecule has 0 saturated carbocycles. The maximum absolute atomic E-state index is 11.3. The molecule has 0 aliphatic rings. The first-order chi connectivity index (χ1) is 11.1. The molecule has 0 amide bonds. The van der Waals surface area contributed by atoms with E-state index >= 15 is 0 Å². The Morgan fingerprint density at radius 1 is 1.30 bits per heavy atom. The molecule has 1 unspecified atom stereocenters. The summed E-state index contributed by atoms with van der Waals surface area (Å²) in [5.74, 6) is -0.165. The van der Waals surface area contributed by atoms with Crippen LogP contribution in [0.3, 0.4) is 0 Å². The van der Waals surface area contributed by atoms with Crippen LogP contribution in [-0.2, 0) is 16.0 Å². The summed E-state index contributed by atoms with van der Waals surface area (Å²) in [6, 6.07) is 11.6. The van der Waals surface area contributed by atoms with Crippen molar-refractivity contribution in [1.82, 2.24) is 4.98 Å². The molecule has 1 aromatic heterocycles. The van der Waals surface area contributed by atoms with Gasteiger partial charge in [-0.05, 0) is 23.8 Å². The number of rotatable bonds is 5. The van der Waals surface area contributed by atoms with Crippen LogP contribution in [-0.4, -0.2) is 29.2 Å². The largest absolute Gasteiger partial charge is 0.461 e. The number of aromatic amines is 1. The quantitative estimate of drug-likeness (QED) is 0.439. The fourth-order valence-electron chi connectivity index (χ4n) is 2.89. The number of benzene rings is 2. The van der Waals surface area contributed by atoms with Crippen molar-refractivity contribution < 1.29 is 14.3 Å². The molecule has 4 nitrogen and oxygen atoms in total. The Morgan fingerprint density at radius 3 is 2.78 bits per heavy atom. The molecule has 1 N–H and O–H groups in total. The lowest BCUT2D eigenvalue weighted by molar-refractivity contribution is -0.145. The summed E-state index contributed by atoms with van der Waals surface area (Å²) in [6.45, 7) is 1.36. The van der Waals surface area contributed by atoms with Crippen LogP contribution in [0, 0.1) is 0 Å². The highest BCUT2D eigenvalue weighted by atomic mass is 35.5. The van der Waals surface area contributed by atoms with Crippen molar-refractivity contribution >= 4 is 45.7 Å². The molecule has 23 heavy (non-hydrogen) atoms. The number of ether oxygens (including phenoxy) is 1. The second-order valence-electron chi connectivity index (χ2n) is 5.48. The van der Waals surface area contributed by atoms with Crippen LogP contribution in [0.1, 0.15) is 22.8 Å². The molecule has 0 fully saturated rings. The van der Waals surface area contributed by atoms with Gasteiger partial charge in [-0.15, -0.1) is 11.6 Å². The number of aromatic nitrogens is 1. The zero-order chi connectivity index (χ0) is 16.4. The number of nitrogens with one attached hydrogen (secondary N) is 1. The minimum atomic E-state index is -0.425. The Bertz CT molecular complexity index is 884. The minimum Gasteiger partial charge on any atom is -0.461 e. The SMILES string of the molecule is CC(=O)OC(CCl)Cc1cc(C=O)cc2c1[nH]c1ccccc12. The van der Waals surface area contributed by atoms with Crippen molar-refractivity contribution in [2.45, 2.75) is 19.4 Å². The van der Waals surface area contributed by atoms with Gasteiger partial charge in [-0.2, -0.15) is 0 Å². The Balaban J connectivity index is 2.14. The van der Waals surface area contributed by atoms with E-state index in [9.17, 15) is 9.59 Å². The van der Waals surface area contributed by atoms with Gasteiger partial charge >= 0.3 is 5.97 Å². The molecule has 3 aromatic rings. The fourth-order valence-corrected chi connectivity index (χ4v) is 3.06. The minimum absolute atomic E-state index is 0.201. The normalized spacial score (nSPS) is 12.4. The first kappa shape index (κ1) is 15.6. The molecule has 0 radical (unpaired) electrons. The highest BCUT2D eigenvalue weighted by Crippen LogP contribution is 2.29. The monoisotopic (exact) mass is 329 g/mol. The Kier molecular flexibility index (Phi) is 4.35. The summed E-state index contributed by atoms with van der Waals surface area (Å²) in [7, 11) is 0. The summed E-state index contributed by atoms with van der Waals surface area (Å²) < 4.78 is 5.23. The van der Waals surface area contributed by atoms with Gasteiger partial charge in [0.05, 0.1) is 5.88 Å². The van der Waals surface area contributed by atoms with Gasteiger partial charge in [-0.25, -0.2) is 0 Å². The van der Waals surface area contributed by atoms with E-state index < -0.39 is 6.10 Å². The third-order valence-corrected chi connectivity index (χ3v) is 4.15. The number of hydrogen-bond acceptors (Lipinski definition) is 3. The summed E-state index contributed by atoms with van der Waals surface area (Å²) in [6.07, 6.45) is 0.853. The number of hydrogen-bond donors (Lipinski definition) is 1. The molecule has 1 heterocycles. The lowest BCUT2D eigenvalue weighted by atomic mass is 10.0. The third kappa shape index (κ3) is 3.08. The summed E-state index contributed by atoms with van der Waals surface area (Å²) in [5, 5.41) is 2.04. The smallest absolute Gasteiger partial charge is 0.302 e. The van der Waals surface area contributed by atoms with E-state index in [-0.39, 0.29) is 11.8 Å². The number of fused-ring (bicyclic) bond motifs is 3. The highest BCUT2D eigenvalue weighted by molar-refractivity contribution is 6.18. The number of esters is 1. The molecule has 1 atom stereocenters. The van der Waals surface area contributed by atoms with E-state index in [1.165, 1.54) is 6.92 Å².